The number of hydrogen-bond donors (Lipinski definition) is 2. The molecule has 6 nitrogen and oxygen atoms in total. The van der Waals surface area contributed by atoms with E-state index in [0.29, 0.717) is 23.2 Å². The van der Waals surface area contributed by atoms with Crippen molar-refractivity contribution in [3.63, 3.8) is 0 Å². The molecule has 0 saturated carbocycles. The second kappa shape index (κ2) is 7.23. The van der Waals surface area contributed by atoms with Gasteiger partial charge in [-0.3, -0.25) is 9.59 Å². The molecule has 2 amide bonds. The van der Waals surface area contributed by atoms with E-state index in [0.717, 1.165) is 6.08 Å². The van der Waals surface area contributed by atoms with Crippen molar-refractivity contribution in [2.45, 2.75) is 13.8 Å². The lowest BCUT2D eigenvalue weighted by Crippen LogP contribution is -2.38. The Morgan fingerprint density at radius 3 is 2.52 bits per heavy atom. The fourth-order valence-corrected chi connectivity index (χ4v) is 1.91. The Kier molecular flexibility index (Phi) is 5.66. The van der Waals surface area contributed by atoms with Crippen molar-refractivity contribution in [1.82, 2.24) is 4.90 Å². The molecule has 0 unspecified atom stereocenters. The molecule has 0 aliphatic rings. The summed E-state index contributed by atoms with van der Waals surface area (Å²) in [7, 11) is 0. The van der Waals surface area contributed by atoms with Crippen LogP contribution in [0.15, 0.2) is 24.3 Å². The number of nitrogens with two attached hydrogens (primary N) is 1. The zero-order valence-electron chi connectivity index (χ0n) is 12.0. The van der Waals surface area contributed by atoms with Gasteiger partial charge in [-0.05, 0) is 37.1 Å². The molecular weight excluding hydrogens is 272 g/mol. The van der Waals surface area contributed by atoms with Gasteiger partial charge in [0.15, 0.2) is 0 Å². The van der Waals surface area contributed by atoms with Crippen LogP contribution in [0.25, 0.3) is 6.08 Å². The molecule has 0 spiro atoms. The molecule has 1 aromatic carbocycles. The number of primary amides is 1. The second-order valence-corrected chi connectivity index (χ2v) is 4.48. The normalized spacial score (nSPS) is 10.6. The van der Waals surface area contributed by atoms with Gasteiger partial charge in [0.05, 0.1) is 6.54 Å². The molecule has 1 aromatic rings. The zero-order chi connectivity index (χ0) is 16.0. The number of hydrogen-bond acceptors (Lipinski definition) is 3. The molecule has 0 aromatic heterocycles. The van der Waals surface area contributed by atoms with Gasteiger partial charge in [-0.15, -0.1) is 0 Å². The van der Waals surface area contributed by atoms with E-state index in [9.17, 15) is 14.4 Å². The van der Waals surface area contributed by atoms with Crippen molar-refractivity contribution < 1.29 is 19.5 Å². The van der Waals surface area contributed by atoms with E-state index in [1.54, 1.807) is 32.0 Å². The molecule has 0 aliphatic carbocycles. The largest absolute Gasteiger partial charge is 0.478 e. The van der Waals surface area contributed by atoms with Crippen molar-refractivity contribution in [3.05, 3.63) is 41.0 Å². The number of carboxylic acids is 1. The molecule has 0 saturated heterocycles. The van der Waals surface area contributed by atoms with E-state index in [1.165, 1.54) is 11.0 Å². The molecule has 112 valence electrons. The van der Waals surface area contributed by atoms with E-state index in [4.69, 9.17) is 10.8 Å². The van der Waals surface area contributed by atoms with Gasteiger partial charge >= 0.3 is 5.97 Å². The topological polar surface area (TPSA) is 101 Å². The van der Waals surface area contributed by atoms with Crippen LogP contribution in [0.1, 0.15) is 28.4 Å². The molecule has 1 rings (SSSR count). The maximum atomic E-state index is 12.4. The molecule has 0 fully saturated rings. The molecule has 3 N–H and O–H groups in total. The Morgan fingerprint density at radius 2 is 2.00 bits per heavy atom. The Hall–Kier alpha value is -2.63. The number of rotatable bonds is 6. The number of likely N-dealkylation sites (N-methyl/N-ethyl adjacent to an activating group) is 1. The van der Waals surface area contributed by atoms with Crippen molar-refractivity contribution in [3.8, 4) is 0 Å². The summed E-state index contributed by atoms with van der Waals surface area (Å²) in [6.07, 6.45) is 2.44. The smallest absolute Gasteiger partial charge is 0.328 e. The molecule has 0 bridgehead atoms. The molecule has 6 heteroatoms. The van der Waals surface area contributed by atoms with Gasteiger partial charge in [0.2, 0.25) is 5.91 Å². The number of carbonyl (C=O) groups excluding carboxylic acids is 2. The maximum Gasteiger partial charge on any atom is 0.328 e. The third-order valence-electron chi connectivity index (χ3n) is 3.03. The van der Waals surface area contributed by atoms with Crippen molar-refractivity contribution in [2.24, 2.45) is 5.73 Å². The number of aliphatic carboxylic acids is 1. The van der Waals surface area contributed by atoms with Crippen LogP contribution in [0.4, 0.5) is 0 Å². The predicted octanol–water partition coefficient (Wildman–Crippen LogP) is 1.04. The maximum absolute atomic E-state index is 12.4. The fourth-order valence-electron chi connectivity index (χ4n) is 1.91. The second-order valence-electron chi connectivity index (χ2n) is 4.48. The third kappa shape index (κ3) is 4.45. The van der Waals surface area contributed by atoms with Crippen LogP contribution in [-0.4, -0.2) is 40.9 Å². The molecule has 0 atom stereocenters. The van der Waals surface area contributed by atoms with Gasteiger partial charge in [-0.25, -0.2) is 4.79 Å². The monoisotopic (exact) mass is 290 g/mol. The molecule has 0 heterocycles. The first-order chi connectivity index (χ1) is 9.86. The van der Waals surface area contributed by atoms with Crippen molar-refractivity contribution in [2.75, 3.05) is 13.1 Å². The summed E-state index contributed by atoms with van der Waals surface area (Å²) in [4.78, 5) is 35.3. The van der Waals surface area contributed by atoms with Crippen LogP contribution < -0.4 is 5.73 Å². The Balaban J connectivity index is 3.13. The van der Waals surface area contributed by atoms with E-state index < -0.39 is 11.9 Å². The highest BCUT2D eigenvalue weighted by Crippen LogP contribution is 2.17. The van der Waals surface area contributed by atoms with Gasteiger partial charge < -0.3 is 15.7 Å². The number of benzene rings is 1. The van der Waals surface area contributed by atoms with E-state index >= 15 is 0 Å². The minimum atomic E-state index is -1.06. The zero-order valence-corrected chi connectivity index (χ0v) is 12.0. The van der Waals surface area contributed by atoms with Gasteiger partial charge in [0, 0.05) is 18.2 Å². The number of nitrogens with zero attached hydrogens (tertiary/aromatic N) is 1. The van der Waals surface area contributed by atoms with E-state index in [1.807, 2.05) is 0 Å². The van der Waals surface area contributed by atoms with Gasteiger partial charge in [0.25, 0.3) is 5.91 Å². The summed E-state index contributed by atoms with van der Waals surface area (Å²) in [5.74, 6) is -1.95. The predicted molar refractivity (Wildman–Crippen MR) is 78.6 cm³/mol. The van der Waals surface area contributed by atoms with Crippen LogP contribution in [0.3, 0.4) is 0 Å². The average molecular weight is 290 g/mol. The first-order valence-corrected chi connectivity index (χ1v) is 6.45. The van der Waals surface area contributed by atoms with Gasteiger partial charge in [0.1, 0.15) is 0 Å². The Labute approximate surface area is 122 Å². The van der Waals surface area contributed by atoms with E-state index in [-0.39, 0.29) is 12.5 Å². The van der Waals surface area contributed by atoms with Crippen LogP contribution in [0.5, 0.6) is 0 Å². The lowest BCUT2D eigenvalue weighted by Gasteiger charge is -2.20. The summed E-state index contributed by atoms with van der Waals surface area (Å²) >= 11 is 0. The number of carboxylic acid groups (broad SMARTS) is 1. The van der Waals surface area contributed by atoms with Crippen LogP contribution in [-0.2, 0) is 9.59 Å². The Bertz CT molecular complexity index is 593. The average Bonchev–Trinajstić information content (AvgIpc) is 2.42. The van der Waals surface area contributed by atoms with Gasteiger partial charge in [-0.1, -0.05) is 12.1 Å². The number of carbonyl (C=O) groups is 3. The van der Waals surface area contributed by atoms with Crippen LogP contribution in [0.2, 0.25) is 0 Å². The highest BCUT2D eigenvalue weighted by molar-refractivity contribution is 5.98. The quantitative estimate of drug-likeness (QED) is 0.764. The standard InChI is InChI=1S/C15H18N2O4/c1-3-17(9-13(16)18)15(21)12-6-4-5-11(10(12)2)7-8-14(19)20/h4-8H,3,9H2,1-2H3,(H2,16,18)(H,19,20)/b8-7+. The third-order valence-corrected chi connectivity index (χ3v) is 3.03. The molecule has 0 aliphatic heterocycles. The minimum absolute atomic E-state index is 0.149. The summed E-state index contributed by atoms with van der Waals surface area (Å²) < 4.78 is 0. The minimum Gasteiger partial charge on any atom is -0.478 e. The Morgan fingerprint density at radius 1 is 1.33 bits per heavy atom. The van der Waals surface area contributed by atoms with Crippen LogP contribution in [0, 0.1) is 6.92 Å². The lowest BCUT2D eigenvalue weighted by molar-refractivity contribution is -0.131. The highest BCUT2D eigenvalue weighted by atomic mass is 16.4. The fraction of sp³-hybridized carbons (Fsp3) is 0.267. The van der Waals surface area contributed by atoms with Crippen molar-refractivity contribution in [1.29, 1.82) is 0 Å². The van der Waals surface area contributed by atoms with E-state index in [2.05, 4.69) is 0 Å². The summed E-state index contributed by atoms with van der Waals surface area (Å²) in [6, 6.07) is 5.02. The van der Waals surface area contributed by atoms with Crippen LogP contribution >= 0.6 is 0 Å². The summed E-state index contributed by atoms with van der Waals surface area (Å²) in [5, 5.41) is 8.66. The SMILES string of the molecule is CCN(CC(N)=O)C(=O)c1cccc(/C=C/C(=O)O)c1C. The summed E-state index contributed by atoms with van der Waals surface area (Å²) in [6.45, 7) is 3.69. The highest BCUT2D eigenvalue weighted by Gasteiger charge is 2.18. The van der Waals surface area contributed by atoms with Crippen molar-refractivity contribution >= 4 is 23.9 Å². The summed E-state index contributed by atoms with van der Waals surface area (Å²) in [5.41, 5.74) is 6.84. The molecule has 21 heavy (non-hydrogen) atoms. The molecule has 0 radical (unpaired) electrons. The lowest BCUT2D eigenvalue weighted by atomic mass is 10.0. The first-order valence-electron chi connectivity index (χ1n) is 6.45. The first kappa shape index (κ1) is 16.4. The molecular formula is C15H18N2O4. The number of amides is 2. The van der Waals surface area contributed by atoms with Gasteiger partial charge in [-0.2, -0.15) is 0 Å².